The Morgan fingerprint density at radius 2 is 2.11 bits per heavy atom. The van der Waals surface area contributed by atoms with Gasteiger partial charge in [-0.2, -0.15) is 0 Å². The smallest absolute Gasteiger partial charge is 0.337 e. The molecule has 1 atom stereocenters. The highest BCUT2D eigenvalue weighted by Gasteiger charge is 2.16. The Bertz CT molecular complexity index is 418. The molecule has 18 heavy (non-hydrogen) atoms. The zero-order valence-corrected chi connectivity index (χ0v) is 11.3. The summed E-state index contributed by atoms with van der Waals surface area (Å²) in [6.07, 6.45) is 1.08. The summed E-state index contributed by atoms with van der Waals surface area (Å²) < 4.78 is 0. The van der Waals surface area contributed by atoms with E-state index in [1.807, 2.05) is 6.92 Å². The van der Waals surface area contributed by atoms with Gasteiger partial charge in [0.2, 0.25) is 0 Å². The number of aromatic carboxylic acids is 1. The van der Waals surface area contributed by atoms with Crippen LogP contribution in [0.15, 0.2) is 18.2 Å². The quantitative estimate of drug-likeness (QED) is 0.762. The Labute approximate surface area is 108 Å². The molecule has 1 unspecified atom stereocenters. The van der Waals surface area contributed by atoms with Gasteiger partial charge in [-0.25, -0.2) is 4.79 Å². The molecule has 1 aromatic carbocycles. The number of benzene rings is 1. The second-order valence-electron chi connectivity index (χ2n) is 4.63. The summed E-state index contributed by atoms with van der Waals surface area (Å²) in [5.74, 6) is -0.399. The summed E-state index contributed by atoms with van der Waals surface area (Å²) in [6.45, 7) is 7.98. The van der Waals surface area contributed by atoms with E-state index < -0.39 is 5.97 Å². The first kappa shape index (κ1) is 14.4. The molecule has 0 saturated carbocycles. The number of nitrogens with two attached hydrogens (primary N) is 1. The van der Waals surface area contributed by atoms with Crippen LogP contribution in [0.25, 0.3) is 0 Å². The van der Waals surface area contributed by atoms with Crippen LogP contribution in [0.3, 0.4) is 0 Å². The molecule has 4 nitrogen and oxygen atoms in total. The van der Waals surface area contributed by atoms with E-state index in [0.29, 0.717) is 11.6 Å². The van der Waals surface area contributed by atoms with Crippen molar-refractivity contribution < 1.29 is 9.90 Å². The number of hydrogen-bond donors (Lipinski definition) is 2. The Balaban J connectivity index is 3.08. The van der Waals surface area contributed by atoms with Crippen molar-refractivity contribution in [1.82, 2.24) is 0 Å². The average molecular weight is 250 g/mol. The van der Waals surface area contributed by atoms with Crippen molar-refractivity contribution >= 4 is 17.3 Å². The van der Waals surface area contributed by atoms with E-state index in [4.69, 9.17) is 5.73 Å². The molecule has 0 aliphatic heterocycles. The van der Waals surface area contributed by atoms with Gasteiger partial charge in [-0.15, -0.1) is 0 Å². The Morgan fingerprint density at radius 3 is 2.61 bits per heavy atom. The van der Waals surface area contributed by atoms with Crippen LogP contribution in [0.4, 0.5) is 11.4 Å². The monoisotopic (exact) mass is 250 g/mol. The van der Waals surface area contributed by atoms with Crippen molar-refractivity contribution in [2.75, 3.05) is 23.7 Å². The second-order valence-corrected chi connectivity index (χ2v) is 4.63. The van der Waals surface area contributed by atoms with Crippen LogP contribution in [-0.4, -0.2) is 24.2 Å². The van der Waals surface area contributed by atoms with Crippen LogP contribution >= 0.6 is 0 Å². The van der Waals surface area contributed by atoms with E-state index in [9.17, 15) is 9.90 Å². The van der Waals surface area contributed by atoms with Gasteiger partial charge in [0, 0.05) is 18.8 Å². The molecule has 0 spiro atoms. The molecular weight excluding hydrogens is 228 g/mol. The minimum atomic E-state index is -0.931. The summed E-state index contributed by atoms with van der Waals surface area (Å²) in [5.41, 5.74) is 7.16. The predicted octanol–water partition coefficient (Wildman–Crippen LogP) is 2.84. The maximum absolute atomic E-state index is 11.3. The maximum Gasteiger partial charge on any atom is 0.337 e. The number of nitrogens with zero attached hydrogens (tertiary/aromatic N) is 1. The fraction of sp³-hybridized carbons (Fsp3) is 0.500. The standard InChI is InChI=1S/C14H22N2O2/c1-4-10(3)9-16(5-2)13-7-6-11(15)8-12(13)14(17)18/h6-8,10H,4-5,9,15H2,1-3H3,(H,17,18). The van der Waals surface area contributed by atoms with Crippen molar-refractivity contribution in [3.05, 3.63) is 23.8 Å². The first-order chi connectivity index (χ1) is 8.49. The lowest BCUT2D eigenvalue weighted by Gasteiger charge is -2.27. The lowest BCUT2D eigenvalue weighted by molar-refractivity contribution is 0.0697. The lowest BCUT2D eigenvalue weighted by atomic mass is 10.1. The van der Waals surface area contributed by atoms with Crippen LogP contribution in [0.1, 0.15) is 37.6 Å². The van der Waals surface area contributed by atoms with Crippen LogP contribution in [0.2, 0.25) is 0 Å². The summed E-state index contributed by atoms with van der Waals surface area (Å²) in [6, 6.07) is 5.07. The summed E-state index contributed by atoms with van der Waals surface area (Å²) >= 11 is 0. The van der Waals surface area contributed by atoms with Gasteiger partial charge in [-0.1, -0.05) is 20.3 Å². The molecule has 1 rings (SSSR count). The third kappa shape index (κ3) is 3.39. The molecule has 0 saturated heterocycles. The van der Waals surface area contributed by atoms with Gasteiger partial charge in [0.05, 0.1) is 11.3 Å². The SMILES string of the molecule is CCC(C)CN(CC)c1ccc(N)cc1C(=O)O. The van der Waals surface area contributed by atoms with Crippen molar-refractivity contribution in [2.24, 2.45) is 5.92 Å². The minimum absolute atomic E-state index is 0.278. The normalized spacial score (nSPS) is 12.2. The highest BCUT2D eigenvalue weighted by atomic mass is 16.4. The first-order valence-corrected chi connectivity index (χ1v) is 6.37. The maximum atomic E-state index is 11.3. The highest BCUT2D eigenvalue weighted by Crippen LogP contribution is 2.24. The molecule has 0 aliphatic carbocycles. The number of nitrogen functional groups attached to an aromatic ring is 1. The molecule has 0 fully saturated rings. The zero-order chi connectivity index (χ0) is 13.7. The Kier molecular flexibility index (Phi) is 5.01. The Hall–Kier alpha value is -1.71. The molecule has 0 bridgehead atoms. The van der Waals surface area contributed by atoms with E-state index in [1.165, 1.54) is 6.07 Å². The van der Waals surface area contributed by atoms with Gasteiger partial charge < -0.3 is 15.7 Å². The fourth-order valence-electron chi connectivity index (χ4n) is 1.90. The van der Waals surface area contributed by atoms with Crippen LogP contribution in [0, 0.1) is 5.92 Å². The Morgan fingerprint density at radius 1 is 1.44 bits per heavy atom. The first-order valence-electron chi connectivity index (χ1n) is 6.37. The highest BCUT2D eigenvalue weighted by molar-refractivity contribution is 5.95. The van der Waals surface area contributed by atoms with E-state index in [-0.39, 0.29) is 5.56 Å². The molecule has 1 aromatic rings. The molecule has 0 radical (unpaired) electrons. The van der Waals surface area contributed by atoms with Crippen LogP contribution < -0.4 is 10.6 Å². The molecule has 3 N–H and O–H groups in total. The largest absolute Gasteiger partial charge is 0.478 e. The third-order valence-electron chi connectivity index (χ3n) is 3.20. The van der Waals surface area contributed by atoms with Crippen molar-refractivity contribution in [1.29, 1.82) is 0 Å². The summed E-state index contributed by atoms with van der Waals surface area (Å²) in [7, 11) is 0. The second kappa shape index (κ2) is 6.28. The van der Waals surface area contributed by atoms with Crippen molar-refractivity contribution in [3.63, 3.8) is 0 Å². The zero-order valence-electron chi connectivity index (χ0n) is 11.3. The van der Waals surface area contributed by atoms with Gasteiger partial charge in [0.1, 0.15) is 0 Å². The third-order valence-corrected chi connectivity index (χ3v) is 3.20. The molecular formula is C14H22N2O2. The minimum Gasteiger partial charge on any atom is -0.478 e. The van der Waals surface area contributed by atoms with Crippen LogP contribution in [-0.2, 0) is 0 Å². The number of carboxylic acids is 1. The molecule has 0 aromatic heterocycles. The summed E-state index contributed by atoms with van der Waals surface area (Å²) in [4.78, 5) is 13.4. The molecule has 4 heteroatoms. The number of rotatable bonds is 6. The molecule has 0 aliphatic rings. The fourth-order valence-corrected chi connectivity index (χ4v) is 1.90. The van der Waals surface area contributed by atoms with Gasteiger partial charge in [0.25, 0.3) is 0 Å². The molecule has 0 amide bonds. The van der Waals surface area contributed by atoms with Crippen molar-refractivity contribution in [2.45, 2.75) is 27.2 Å². The van der Waals surface area contributed by atoms with Crippen LogP contribution in [0.5, 0.6) is 0 Å². The van der Waals surface area contributed by atoms with E-state index in [1.54, 1.807) is 12.1 Å². The van der Waals surface area contributed by atoms with Gasteiger partial charge in [-0.3, -0.25) is 0 Å². The van der Waals surface area contributed by atoms with E-state index >= 15 is 0 Å². The average Bonchev–Trinajstić information content (AvgIpc) is 2.35. The van der Waals surface area contributed by atoms with E-state index in [2.05, 4.69) is 18.7 Å². The van der Waals surface area contributed by atoms with Gasteiger partial charge >= 0.3 is 5.97 Å². The molecule has 100 valence electrons. The number of anilines is 2. The number of carboxylic acid groups (broad SMARTS) is 1. The summed E-state index contributed by atoms with van der Waals surface area (Å²) in [5, 5.41) is 9.24. The van der Waals surface area contributed by atoms with Gasteiger partial charge in [0.15, 0.2) is 0 Å². The lowest BCUT2D eigenvalue weighted by Crippen LogP contribution is -2.29. The number of hydrogen-bond acceptors (Lipinski definition) is 3. The number of carbonyl (C=O) groups is 1. The molecule has 0 heterocycles. The predicted molar refractivity (Wildman–Crippen MR) is 75.2 cm³/mol. The van der Waals surface area contributed by atoms with Crippen molar-refractivity contribution in [3.8, 4) is 0 Å². The van der Waals surface area contributed by atoms with E-state index in [0.717, 1.165) is 25.2 Å². The topological polar surface area (TPSA) is 66.6 Å². The van der Waals surface area contributed by atoms with Gasteiger partial charge in [-0.05, 0) is 31.0 Å².